The van der Waals surface area contributed by atoms with Crippen molar-refractivity contribution >= 4 is 28.3 Å². The molecule has 1 amide bonds. The molecule has 2 aromatic rings. The molecule has 29 heavy (non-hydrogen) atoms. The molecule has 1 aliphatic rings. The molecule has 1 atom stereocenters. The average molecular weight is 416 g/mol. The van der Waals surface area contributed by atoms with Crippen molar-refractivity contribution in [3.05, 3.63) is 46.5 Å². The fraction of sp³-hybridized carbons (Fsp3) is 0.500. The van der Waals surface area contributed by atoms with Gasteiger partial charge in [-0.2, -0.15) is 0 Å². The quantitative estimate of drug-likeness (QED) is 0.690. The van der Waals surface area contributed by atoms with Gasteiger partial charge >= 0.3 is 6.09 Å². The number of anilines is 1. The molecule has 1 fully saturated rings. The number of hydrogen-bond donors (Lipinski definition) is 1. The second kappa shape index (κ2) is 8.95. The van der Waals surface area contributed by atoms with Crippen LogP contribution in [0.25, 0.3) is 0 Å². The van der Waals surface area contributed by atoms with Gasteiger partial charge in [0.25, 0.3) is 0 Å². The number of rotatable bonds is 6. The Morgan fingerprint density at radius 1 is 1.31 bits per heavy atom. The molecule has 0 spiro atoms. The van der Waals surface area contributed by atoms with Crippen LogP contribution >= 0.6 is 11.3 Å². The molecule has 0 saturated carbocycles. The Balaban J connectivity index is 1.62. The number of thiazole rings is 1. The number of nitrogens with zero attached hydrogens (tertiary/aromatic N) is 2. The third-order valence-corrected chi connectivity index (χ3v) is 5.82. The lowest BCUT2D eigenvalue weighted by atomic mass is 10.0. The number of amides is 1. The van der Waals surface area contributed by atoms with Crippen LogP contribution in [0, 0.1) is 0 Å². The van der Waals surface area contributed by atoms with Crippen molar-refractivity contribution in [3.8, 4) is 0 Å². The van der Waals surface area contributed by atoms with Crippen LogP contribution < -0.4 is 5.32 Å². The van der Waals surface area contributed by atoms with Gasteiger partial charge in [0.05, 0.1) is 17.1 Å². The summed E-state index contributed by atoms with van der Waals surface area (Å²) in [7, 11) is 0. The van der Waals surface area contributed by atoms with E-state index in [1.165, 1.54) is 11.3 Å². The highest BCUT2D eigenvalue weighted by Gasteiger charge is 2.32. The standard InChI is InChI=1S/C22H29N3O3S/c1-5-15-9-6-7-11-17(15)19(26)18-14-24-20(29-18)23-13-16-10-8-12-25(16)21(27)28-22(2,3)4/h6-7,9,11,14,16H,5,8,10,12-13H2,1-4H3,(H,23,24)/t16-/m0/s1. The number of ether oxygens (including phenoxy) is 1. The normalized spacial score (nSPS) is 16.7. The first-order valence-corrected chi connectivity index (χ1v) is 10.9. The second-order valence-corrected chi connectivity index (χ2v) is 9.25. The van der Waals surface area contributed by atoms with Crippen molar-refractivity contribution in [3.63, 3.8) is 0 Å². The minimum Gasteiger partial charge on any atom is -0.444 e. The summed E-state index contributed by atoms with van der Waals surface area (Å²) in [4.78, 5) is 32.0. The summed E-state index contributed by atoms with van der Waals surface area (Å²) in [5.41, 5.74) is 1.27. The number of carbonyl (C=O) groups is 2. The smallest absolute Gasteiger partial charge is 0.410 e. The third kappa shape index (κ3) is 5.35. The molecule has 0 aliphatic carbocycles. The van der Waals surface area contributed by atoms with Gasteiger partial charge in [0.1, 0.15) is 5.60 Å². The van der Waals surface area contributed by atoms with E-state index < -0.39 is 5.60 Å². The number of carbonyl (C=O) groups excluding carboxylic acids is 2. The molecule has 156 valence electrons. The Morgan fingerprint density at radius 2 is 2.07 bits per heavy atom. The maximum absolute atomic E-state index is 12.8. The predicted molar refractivity (Wildman–Crippen MR) is 116 cm³/mol. The lowest BCUT2D eigenvalue weighted by Crippen LogP contribution is -2.42. The van der Waals surface area contributed by atoms with E-state index in [9.17, 15) is 9.59 Å². The maximum atomic E-state index is 12.8. The molecule has 1 aliphatic heterocycles. The molecule has 7 heteroatoms. The van der Waals surface area contributed by atoms with E-state index in [0.29, 0.717) is 23.1 Å². The summed E-state index contributed by atoms with van der Waals surface area (Å²) in [6, 6.07) is 7.75. The summed E-state index contributed by atoms with van der Waals surface area (Å²) in [6.07, 6.45) is 4.05. The number of ketones is 1. The predicted octanol–water partition coefficient (Wildman–Crippen LogP) is 4.75. The Labute approximate surface area is 176 Å². The zero-order valence-corrected chi connectivity index (χ0v) is 18.3. The van der Waals surface area contributed by atoms with Crippen LogP contribution in [0.1, 0.15) is 61.3 Å². The van der Waals surface area contributed by atoms with E-state index in [1.807, 2.05) is 52.0 Å². The molecule has 3 rings (SSSR count). The highest BCUT2D eigenvalue weighted by atomic mass is 32.1. The number of hydrogen-bond acceptors (Lipinski definition) is 6. The van der Waals surface area contributed by atoms with Gasteiger partial charge in [0.2, 0.25) is 5.78 Å². The summed E-state index contributed by atoms with van der Waals surface area (Å²) in [6.45, 7) is 8.96. The lowest BCUT2D eigenvalue weighted by molar-refractivity contribution is 0.0235. The highest BCUT2D eigenvalue weighted by Crippen LogP contribution is 2.25. The fourth-order valence-electron chi connectivity index (χ4n) is 3.46. The molecule has 0 bridgehead atoms. The SMILES string of the molecule is CCc1ccccc1C(=O)c1cnc(NC[C@@H]2CCCN2C(=O)OC(C)(C)C)s1. The minimum absolute atomic E-state index is 0.00393. The summed E-state index contributed by atoms with van der Waals surface area (Å²) < 4.78 is 5.51. The number of benzene rings is 1. The van der Waals surface area contributed by atoms with E-state index >= 15 is 0 Å². The summed E-state index contributed by atoms with van der Waals surface area (Å²) in [5, 5.41) is 3.99. The van der Waals surface area contributed by atoms with Crippen LogP contribution in [0.4, 0.5) is 9.93 Å². The van der Waals surface area contributed by atoms with E-state index in [4.69, 9.17) is 4.74 Å². The highest BCUT2D eigenvalue weighted by molar-refractivity contribution is 7.17. The van der Waals surface area contributed by atoms with E-state index in [-0.39, 0.29) is 17.9 Å². The molecule has 0 unspecified atom stereocenters. The Hall–Kier alpha value is -2.41. The summed E-state index contributed by atoms with van der Waals surface area (Å²) >= 11 is 1.35. The Morgan fingerprint density at radius 3 is 2.79 bits per heavy atom. The van der Waals surface area contributed by atoms with Crippen LogP contribution in [0.5, 0.6) is 0 Å². The first-order valence-electron chi connectivity index (χ1n) is 10.1. The molecular weight excluding hydrogens is 386 g/mol. The monoisotopic (exact) mass is 415 g/mol. The van der Waals surface area contributed by atoms with Gasteiger partial charge in [-0.1, -0.05) is 42.5 Å². The zero-order chi connectivity index (χ0) is 21.0. The van der Waals surface area contributed by atoms with E-state index in [0.717, 1.165) is 30.4 Å². The molecule has 1 saturated heterocycles. The maximum Gasteiger partial charge on any atom is 0.410 e. The van der Waals surface area contributed by atoms with Gasteiger partial charge < -0.3 is 15.0 Å². The van der Waals surface area contributed by atoms with Crippen LogP contribution in [-0.4, -0.2) is 46.5 Å². The molecule has 1 aromatic heterocycles. The molecular formula is C22H29N3O3S. The van der Waals surface area contributed by atoms with E-state index in [1.54, 1.807) is 11.1 Å². The van der Waals surface area contributed by atoms with Crippen LogP contribution in [-0.2, 0) is 11.2 Å². The molecule has 0 radical (unpaired) electrons. The third-order valence-electron chi connectivity index (χ3n) is 4.87. The van der Waals surface area contributed by atoms with Crippen LogP contribution in [0.2, 0.25) is 0 Å². The number of nitrogens with one attached hydrogen (secondary N) is 1. The number of aromatic nitrogens is 1. The first-order chi connectivity index (χ1) is 13.8. The largest absolute Gasteiger partial charge is 0.444 e. The molecule has 6 nitrogen and oxygen atoms in total. The second-order valence-electron chi connectivity index (χ2n) is 8.22. The van der Waals surface area contributed by atoms with Crippen molar-refractivity contribution < 1.29 is 14.3 Å². The van der Waals surface area contributed by atoms with Crippen molar-refractivity contribution in [2.75, 3.05) is 18.4 Å². The minimum atomic E-state index is -0.503. The zero-order valence-electron chi connectivity index (χ0n) is 17.5. The van der Waals surface area contributed by atoms with Crippen molar-refractivity contribution in [1.29, 1.82) is 0 Å². The van der Waals surface area contributed by atoms with Crippen molar-refractivity contribution in [1.82, 2.24) is 9.88 Å². The van der Waals surface area contributed by atoms with Gasteiger partial charge in [0.15, 0.2) is 5.13 Å². The van der Waals surface area contributed by atoms with E-state index in [2.05, 4.69) is 10.3 Å². The molecule has 1 aromatic carbocycles. The first kappa shape index (κ1) is 21.3. The fourth-order valence-corrected chi connectivity index (χ4v) is 4.23. The molecule has 1 N–H and O–H groups in total. The molecule has 2 heterocycles. The van der Waals surface area contributed by atoms with Crippen molar-refractivity contribution in [2.45, 2.75) is 58.6 Å². The lowest BCUT2D eigenvalue weighted by Gasteiger charge is -2.28. The van der Waals surface area contributed by atoms with Gasteiger partial charge in [0, 0.05) is 18.7 Å². The topological polar surface area (TPSA) is 71.5 Å². The number of likely N-dealkylation sites (tertiary alicyclic amines) is 1. The number of aryl methyl sites for hydroxylation is 1. The van der Waals surface area contributed by atoms with Crippen LogP contribution in [0.3, 0.4) is 0 Å². The Kier molecular flexibility index (Phi) is 6.57. The van der Waals surface area contributed by atoms with Crippen LogP contribution in [0.15, 0.2) is 30.5 Å². The van der Waals surface area contributed by atoms with Gasteiger partial charge in [-0.3, -0.25) is 4.79 Å². The van der Waals surface area contributed by atoms with Gasteiger partial charge in [-0.15, -0.1) is 0 Å². The van der Waals surface area contributed by atoms with Gasteiger partial charge in [-0.25, -0.2) is 9.78 Å². The summed E-state index contributed by atoms with van der Waals surface area (Å²) in [5.74, 6) is 0.00393. The van der Waals surface area contributed by atoms with Crippen molar-refractivity contribution in [2.24, 2.45) is 0 Å². The Bertz CT molecular complexity index is 872. The van der Waals surface area contributed by atoms with Gasteiger partial charge in [-0.05, 0) is 45.6 Å². The average Bonchev–Trinajstić information content (AvgIpc) is 3.33.